The lowest BCUT2D eigenvalue weighted by Gasteiger charge is -2.35. The molecule has 0 fully saturated rings. The van der Waals surface area contributed by atoms with Crippen molar-refractivity contribution in [1.82, 2.24) is 0 Å². The summed E-state index contributed by atoms with van der Waals surface area (Å²) in [6, 6.07) is 16.1. The Labute approximate surface area is 292 Å². The summed E-state index contributed by atoms with van der Waals surface area (Å²) in [5.41, 5.74) is -0.0683. The fourth-order valence-corrected chi connectivity index (χ4v) is 4.16. The maximum atomic E-state index is 5.76. The Bertz CT molecular complexity index is 1070. The van der Waals surface area contributed by atoms with E-state index in [4.69, 9.17) is 39.1 Å². The highest BCUT2D eigenvalue weighted by molar-refractivity contribution is 5.36. The Morgan fingerprint density at radius 1 is 0.250 bits per heavy atom. The zero-order chi connectivity index (χ0) is 37.6. The second-order valence-corrected chi connectivity index (χ2v) is 18.2. The number of hydrogen-bond acceptors (Lipinski definition) is 8. The van der Waals surface area contributed by atoms with Gasteiger partial charge in [0.2, 0.25) is 0 Å². The van der Waals surface area contributed by atoms with Gasteiger partial charge in [0.1, 0.15) is 22.4 Å². The van der Waals surface area contributed by atoms with Crippen molar-refractivity contribution in [3.63, 3.8) is 0 Å². The van der Waals surface area contributed by atoms with Crippen LogP contribution in [0.4, 0.5) is 0 Å². The van der Waals surface area contributed by atoms with Gasteiger partial charge in [0, 0.05) is 0 Å². The van der Waals surface area contributed by atoms with E-state index in [1.807, 2.05) is 187 Å². The molecule has 0 saturated carbocycles. The van der Waals surface area contributed by atoms with Gasteiger partial charge in [-0.1, -0.05) is 48.5 Å². The summed E-state index contributed by atoms with van der Waals surface area (Å²) in [7, 11) is 0. The molecule has 8 heteroatoms. The minimum absolute atomic E-state index is 0.381. The van der Waals surface area contributed by atoms with E-state index in [2.05, 4.69) is 0 Å². The van der Waals surface area contributed by atoms with Gasteiger partial charge in [-0.25, -0.2) is 39.1 Å². The molecule has 0 aromatic heterocycles. The number of hydrogen-bond donors (Lipinski definition) is 0. The number of benzene rings is 2. The lowest BCUT2D eigenvalue weighted by atomic mass is 9.85. The van der Waals surface area contributed by atoms with Crippen molar-refractivity contribution in [3.8, 4) is 0 Å². The van der Waals surface area contributed by atoms with Crippen molar-refractivity contribution in [1.29, 1.82) is 0 Å². The zero-order valence-corrected chi connectivity index (χ0v) is 33.9. The molecule has 0 heterocycles. The van der Waals surface area contributed by atoms with Crippen LogP contribution in [0.25, 0.3) is 0 Å². The van der Waals surface area contributed by atoms with Crippen molar-refractivity contribution in [3.05, 3.63) is 70.8 Å². The van der Waals surface area contributed by atoms with E-state index in [1.54, 1.807) is 0 Å². The van der Waals surface area contributed by atoms with Crippen molar-refractivity contribution >= 4 is 0 Å². The van der Waals surface area contributed by atoms with Gasteiger partial charge in [0.05, 0.1) is 22.4 Å². The third-order valence-electron chi connectivity index (χ3n) is 6.45. The molecule has 0 unspecified atom stereocenters. The third-order valence-corrected chi connectivity index (χ3v) is 6.45. The average Bonchev–Trinajstić information content (AvgIpc) is 2.92. The fourth-order valence-electron chi connectivity index (χ4n) is 4.16. The van der Waals surface area contributed by atoms with E-state index >= 15 is 0 Å². The normalized spacial score (nSPS) is 14.1. The first-order chi connectivity index (χ1) is 21.3. The van der Waals surface area contributed by atoms with Crippen molar-refractivity contribution in [2.75, 3.05) is 0 Å². The predicted molar refractivity (Wildman–Crippen MR) is 193 cm³/mol. The van der Waals surface area contributed by atoms with Gasteiger partial charge in [0.25, 0.3) is 0 Å². The van der Waals surface area contributed by atoms with Gasteiger partial charge in [-0.05, 0) is 161 Å². The highest BCUT2D eigenvalue weighted by Gasteiger charge is 2.37. The van der Waals surface area contributed by atoms with Gasteiger partial charge in [-0.15, -0.1) is 0 Å². The van der Waals surface area contributed by atoms with Crippen molar-refractivity contribution in [2.45, 2.75) is 183 Å². The minimum atomic E-state index is -0.633. The molecule has 0 spiro atoms. The summed E-state index contributed by atoms with van der Waals surface area (Å²) in [6.07, 6.45) is 0. The molecule has 0 aliphatic heterocycles. The van der Waals surface area contributed by atoms with Crippen molar-refractivity contribution in [2.24, 2.45) is 0 Å². The van der Waals surface area contributed by atoms with Crippen LogP contribution in [0.2, 0.25) is 0 Å². The lowest BCUT2D eigenvalue weighted by molar-refractivity contribution is -0.407. The molecule has 0 aliphatic rings. The molecule has 0 atom stereocenters. The molecular weight excluding hydrogens is 608 g/mol. The molecule has 0 saturated heterocycles. The second-order valence-electron chi connectivity index (χ2n) is 18.2. The molecule has 0 aliphatic carbocycles. The minimum Gasteiger partial charge on any atom is -0.230 e. The number of rotatable bonds is 12. The van der Waals surface area contributed by atoms with Crippen LogP contribution >= 0.6 is 0 Å². The predicted octanol–water partition coefficient (Wildman–Crippen LogP) is 11.3. The smallest absolute Gasteiger partial charge is 0.123 e. The maximum Gasteiger partial charge on any atom is 0.123 e. The molecule has 0 N–H and O–H groups in total. The van der Waals surface area contributed by atoms with Crippen LogP contribution < -0.4 is 0 Å². The largest absolute Gasteiger partial charge is 0.230 e. The van der Waals surface area contributed by atoms with E-state index in [0.717, 1.165) is 22.3 Å². The Morgan fingerprint density at radius 3 is 0.521 bits per heavy atom. The highest BCUT2D eigenvalue weighted by atomic mass is 17.2. The molecule has 8 nitrogen and oxygen atoms in total. The van der Waals surface area contributed by atoms with Gasteiger partial charge >= 0.3 is 0 Å². The van der Waals surface area contributed by atoms with Crippen LogP contribution in [-0.4, -0.2) is 22.4 Å². The van der Waals surface area contributed by atoms with Gasteiger partial charge in [-0.2, -0.15) is 0 Å². The lowest BCUT2D eigenvalue weighted by Crippen LogP contribution is -2.34. The quantitative estimate of drug-likeness (QED) is 0.162. The zero-order valence-electron chi connectivity index (χ0n) is 33.9. The van der Waals surface area contributed by atoms with E-state index in [-0.39, 0.29) is 22.4 Å². The molecule has 0 amide bonds. The second kappa shape index (κ2) is 16.0. The first kappa shape index (κ1) is 44.1. The summed E-state index contributed by atoms with van der Waals surface area (Å²) in [4.78, 5) is 45.3. The van der Waals surface area contributed by atoms with Crippen LogP contribution in [0.1, 0.15) is 161 Å². The Balaban J connectivity index is 0.000000480. The summed E-state index contributed by atoms with van der Waals surface area (Å²) < 4.78 is 0. The molecule has 2 aromatic carbocycles. The summed E-state index contributed by atoms with van der Waals surface area (Å²) >= 11 is 0. The summed E-state index contributed by atoms with van der Waals surface area (Å²) in [6.45, 7) is 39.4. The molecule has 2 aromatic rings. The Hall–Kier alpha value is -1.88. The maximum absolute atomic E-state index is 5.76. The Kier molecular flexibility index (Phi) is 14.7. The van der Waals surface area contributed by atoms with Crippen LogP contribution in [0.5, 0.6) is 0 Å². The third kappa shape index (κ3) is 15.8. The Morgan fingerprint density at radius 2 is 0.396 bits per heavy atom. The molecular formula is C40H68O8. The van der Waals surface area contributed by atoms with Crippen LogP contribution in [0, 0.1) is 0 Å². The SMILES string of the molecule is CC(C)(C)OOC(C)(C)c1ccccc1C(C)(C)OOC(C)(C)C.CC(C)(C)OOC(C)(C)c1ccccc1C(C)(C)OOC(C)(C)C. The molecule has 48 heavy (non-hydrogen) atoms. The van der Waals surface area contributed by atoms with Crippen LogP contribution in [-0.2, 0) is 61.5 Å². The standard InChI is InChI=1S/2C20H34O4/c2*1-17(2,3)21-23-19(7,8)15-13-11-12-14-16(15)20(9,10)24-22-18(4,5)6/h2*11-14H,1-10H3. The summed E-state index contributed by atoms with van der Waals surface area (Å²) in [5, 5.41) is 0. The van der Waals surface area contributed by atoms with E-state index in [9.17, 15) is 0 Å². The van der Waals surface area contributed by atoms with Crippen LogP contribution in [0.3, 0.4) is 0 Å². The molecule has 0 radical (unpaired) electrons. The summed E-state index contributed by atoms with van der Waals surface area (Å²) in [5.74, 6) is 0. The van der Waals surface area contributed by atoms with E-state index in [0.29, 0.717) is 0 Å². The molecule has 276 valence electrons. The average molecular weight is 677 g/mol. The van der Waals surface area contributed by atoms with Gasteiger partial charge in [0.15, 0.2) is 0 Å². The topological polar surface area (TPSA) is 73.8 Å². The van der Waals surface area contributed by atoms with E-state index in [1.165, 1.54) is 0 Å². The van der Waals surface area contributed by atoms with Crippen molar-refractivity contribution < 1.29 is 39.1 Å². The molecule has 2 rings (SSSR count). The highest BCUT2D eigenvalue weighted by Crippen LogP contribution is 2.39. The first-order valence-electron chi connectivity index (χ1n) is 17.0. The fraction of sp³-hybridized carbons (Fsp3) is 0.700. The van der Waals surface area contributed by atoms with Gasteiger partial charge in [-0.3, -0.25) is 0 Å². The van der Waals surface area contributed by atoms with Crippen LogP contribution in [0.15, 0.2) is 48.5 Å². The monoisotopic (exact) mass is 676 g/mol. The van der Waals surface area contributed by atoms with Gasteiger partial charge < -0.3 is 0 Å². The molecule has 0 bridgehead atoms. The first-order valence-corrected chi connectivity index (χ1v) is 17.0. The van der Waals surface area contributed by atoms with E-state index < -0.39 is 22.4 Å².